The lowest BCUT2D eigenvalue weighted by Gasteiger charge is -2.48. The van der Waals surface area contributed by atoms with Crippen LogP contribution in [-0.4, -0.2) is 83.6 Å². The number of rotatable bonds is 2. The van der Waals surface area contributed by atoms with Crippen molar-refractivity contribution in [3.05, 3.63) is 12.4 Å². The van der Waals surface area contributed by atoms with Crippen molar-refractivity contribution in [2.24, 2.45) is 5.41 Å². The van der Waals surface area contributed by atoms with Gasteiger partial charge in [-0.1, -0.05) is 0 Å². The summed E-state index contributed by atoms with van der Waals surface area (Å²) in [6.45, 7) is 5.55. The molecule has 1 atom stereocenters. The average Bonchev–Trinajstić information content (AvgIpc) is 2.62. The molecule has 1 spiro atoms. The summed E-state index contributed by atoms with van der Waals surface area (Å²) >= 11 is 0. The number of aromatic nitrogens is 2. The fourth-order valence-corrected chi connectivity index (χ4v) is 4.98. The first-order valence-corrected chi connectivity index (χ1v) is 9.90. The van der Waals surface area contributed by atoms with Crippen LogP contribution in [0.5, 0.6) is 0 Å². The maximum absolute atomic E-state index is 10.2. The van der Waals surface area contributed by atoms with Gasteiger partial charge in [0.25, 0.3) is 0 Å². The van der Waals surface area contributed by atoms with E-state index in [1.807, 2.05) is 0 Å². The van der Waals surface area contributed by atoms with E-state index in [0.717, 1.165) is 83.0 Å². The molecule has 0 aliphatic carbocycles. The van der Waals surface area contributed by atoms with Crippen LogP contribution in [0.3, 0.4) is 0 Å². The van der Waals surface area contributed by atoms with Gasteiger partial charge in [-0.2, -0.15) is 0 Å². The van der Waals surface area contributed by atoms with Crippen LogP contribution >= 0.6 is 0 Å². The second kappa shape index (κ2) is 7.29. The van der Waals surface area contributed by atoms with E-state index in [1.165, 1.54) is 0 Å². The Labute approximate surface area is 155 Å². The Balaban J connectivity index is 1.41. The lowest BCUT2D eigenvalue weighted by atomic mass is 9.72. The SMILES string of the molecule is CN1CC(O)CC2(CCN(c3cc(N4CCC(O)CC4)ncn3)CC2)C1. The first-order valence-electron chi connectivity index (χ1n) is 9.90. The first kappa shape index (κ1) is 17.9. The zero-order chi connectivity index (χ0) is 18.1. The second-order valence-electron chi connectivity index (χ2n) is 8.49. The number of hydrogen-bond donors (Lipinski definition) is 2. The number of piperidine rings is 3. The van der Waals surface area contributed by atoms with Crippen molar-refractivity contribution in [1.82, 2.24) is 14.9 Å². The second-order valence-corrected chi connectivity index (χ2v) is 8.49. The lowest BCUT2D eigenvalue weighted by molar-refractivity contribution is -0.0112. The third-order valence-electron chi connectivity index (χ3n) is 6.37. The van der Waals surface area contributed by atoms with E-state index in [-0.39, 0.29) is 17.6 Å². The molecule has 4 rings (SSSR count). The van der Waals surface area contributed by atoms with Crippen LogP contribution in [0.15, 0.2) is 12.4 Å². The summed E-state index contributed by atoms with van der Waals surface area (Å²) in [4.78, 5) is 15.8. The molecule has 3 aliphatic heterocycles. The van der Waals surface area contributed by atoms with Gasteiger partial charge >= 0.3 is 0 Å². The van der Waals surface area contributed by atoms with Gasteiger partial charge in [-0.25, -0.2) is 9.97 Å². The zero-order valence-corrected chi connectivity index (χ0v) is 15.7. The largest absolute Gasteiger partial charge is 0.393 e. The standard InChI is InChI=1S/C19H31N5O2/c1-22-12-16(26)11-19(13-22)4-8-24(9-5-19)18-10-17(20-14-21-18)23-6-2-15(25)3-7-23/h10,14-16,25-26H,2-9,11-13H2,1H3. The van der Waals surface area contributed by atoms with Crippen LogP contribution in [0, 0.1) is 5.41 Å². The normalized spacial score (nSPS) is 27.9. The first-order chi connectivity index (χ1) is 12.5. The van der Waals surface area contributed by atoms with E-state index in [1.54, 1.807) is 6.33 Å². The van der Waals surface area contributed by atoms with Gasteiger partial charge in [0.1, 0.15) is 18.0 Å². The minimum atomic E-state index is -0.194. The number of likely N-dealkylation sites (tertiary alicyclic amines) is 1. The molecular weight excluding hydrogens is 330 g/mol. The fraction of sp³-hybridized carbons (Fsp3) is 0.789. The van der Waals surface area contributed by atoms with E-state index >= 15 is 0 Å². The molecule has 0 amide bonds. The molecule has 3 fully saturated rings. The molecule has 1 aromatic heterocycles. The van der Waals surface area contributed by atoms with Crippen LogP contribution in [0.4, 0.5) is 11.6 Å². The van der Waals surface area contributed by atoms with Crippen molar-refractivity contribution in [1.29, 1.82) is 0 Å². The highest BCUT2D eigenvalue weighted by Gasteiger charge is 2.40. The Bertz CT molecular complexity index is 600. The third-order valence-corrected chi connectivity index (χ3v) is 6.37. The van der Waals surface area contributed by atoms with Gasteiger partial charge < -0.3 is 24.9 Å². The highest BCUT2D eigenvalue weighted by Crippen LogP contribution is 2.40. The summed E-state index contributed by atoms with van der Waals surface area (Å²) in [6, 6.07) is 2.09. The quantitative estimate of drug-likeness (QED) is 0.804. The minimum Gasteiger partial charge on any atom is -0.393 e. The molecule has 3 saturated heterocycles. The van der Waals surface area contributed by atoms with E-state index in [4.69, 9.17) is 0 Å². The Morgan fingerprint density at radius 3 is 2.19 bits per heavy atom. The Morgan fingerprint density at radius 2 is 1.58 bits per heavy atom. The van der Waals surface area contributed by atoms with Crippen molar-refractivity contribution in [2.75, 3.05) is 56.1 Å². The molecule has 7 heteroatoms. The maximum Gasteiger partial charge on any atom is 0.134 e. The Morgan fingerprint density at radius 1 is 0.962 bits per heavy atom. The lowest BCUT2D eigenvalue weighted by Crippen LogP contribution is -2.52. The van der Waals surface area contributed by atoms with Gasteiger partial charge in [0.15, 0.2) is 0 Å². The molecule has 1 aromatic rings. The number of anilines is 2. The molecule has 3 aliphatic rings. The molecule has 2 N–H and O–H groups in total. The summed E-state index contributed by atoms with van der Waals surface area (Å²) in [7, 11) is 2.11. The molecule has 144 valence electrons. The molecule has 26 heavy (non-hydrogen) atoms. The summed E-state index contributed by atoms with van der Waals surface area (Å²) in [5, 5.41) is 19.9. The van der Waals surface area contributed by atoms with E-state index in [2.05, 4.69) is 37.8 Å². The Kier molecular flexibility index (Phi) is 5.03. The molecule has 1 unspecified atom stereocenters. The van der Waals surface area contributed by atoms with Gasteiger partial charge in [-0.15, -0.1) is 0 Å². The zero-order valence-electron chi connectivity index (χ0n) is 15.7. The van der Waals surface area contributed by atoms with Crippen LogP contribution < -0.4 is 9.80 Å². The predicted molar refractivity (Wildman–Crippen MR) is 101 cm³/mol. The van der Waals surface area contributed by atoms with Crippen LogP contribution in [0.1, 0.15) is 32.1 Å². The highest BCUT2D eigenvalue weighted by molar-refractivity contribution is 5.50. The van der Waals surface area contributed by atoms with E-state index in [0.29, 0.717) is 0 Å². The summed E-state index contributed by atoms with van der Waals surface area (Å²) in [5.74, 6) is 1.97. The minimum absolute atomic E-state index is 0.171. The number of aliphatic hydroxyl groups is 2. The van der Waals surface area contributed by atoms with Gasteiger partial charge in [0, 0.05) is 45.3 Å². The summed E-state index contributed by atoms with van der Waals surface area (Å²) in [6.07, 6.45) is 6.04. The summed E-state index contributed by atoms with van der Waals surface area (Å²) in [5.41, 5.74) is 0.252. The van der Waals surface area contributed by atoms with Gasteiger partial charge in [0.2, 0.25) is 0 Å². The number of nitrogens with zero attached hydrogens (tertiary/aromatic N) is 5. The third kappa shape index (κ3) is 3.80. The van der Waals surface area contributed by atoms with Crippen molar-refractivity contribution < 1.29 is 10.2 Å². The van der Waals surface area contributed by atoms with Gasteiger partial charge in [-0.3, -0.25) is 0 Å². The van der Waals surface area contributed by atoms with E-state index < -0.39 is 0 Å². The van der Waals surface area contributed by atoms with Gasteiger partial charge in [-0.05, 0) is 44.6 Å². The average molecular weight is 361 g/mol. The topological polar surface area (TPSA) is 76.0 Å². The molecule has 0 bridgehead atoms. The highest BCUT2D eigenvalue weighted by atomic mass is 16.3. The molecule has 7 nitrogen and oxygen atoms in total. The number of hydrogen-bond acceptors (Lipinski definition) is 7. The molecule has 4 heterocycles. The fourth-order valence-electron chi connectivity index (χ4n) is 4.98. The van der Waals surface area contributed by atoms with Crippen molar-refractivity contribution in [3.63, 3.8) is 0 Å². The van der Waals surface area contributed by atoms with Gasteiger partial charge in [0.05, 0.1) is 12.2 Å². The number of β-amino-alcohol motifs (C(OH)–C–C–N with tert-alkyl or cyclic N) is 1. The van der Waals surface area contributed by atoms with Crippen molar-refractivity contribution >= 4 is 11.6 Å². The maximum atomic E-state index is 10.2. The number of aliphatic hydroxyl groups excluding tert-OH is 2. The molecule has 0 radical (unpaired) electrons. The van der Waals surface area contributed by atoms with Crippen LogP contribution in [0.2, 0.25) is 0 Å². The monoisotopic (exact) mass is 361 g/mol. The van der Waals surface area contributed by atoms with Crippen LogP contribution in [0.25, 0.3) is 0 Å². The Hall–Kier alpha value is -1.44. The molecular formula is C19H31N5O2. The summed E-state index contributed by atoms with van der Waals surface area (Å²) < 4.78 is 0. The van der Waals surface area contributed by atoms with E-state index in [9.17, 15) is 10.2 Å². The molecule has 0 saturated carbocycles. The smallest absolute Gasteiger partial charge is 0.134 e. The molecule has 0 aromatic carbocycles. The van der Waals surface area contributed by atoms with Crippen LogP contribution in [-0.2, 0) is 0 Å². The van der Waals surface area contributed by atoms with Crippen molar-refractivity contribution in [2.45, 2.75) is 44.3 Å². The number of likely N-dealkylation sites (N-methyl/N-ethyl adjacent to an activating group) is 1. The predicted octanol–water partition coefficient (Wildman–Crippen LogP) is 0.721. The van der Waals surface area contributed by atoms with Crippen molar-refractivity contribution in [3.8, 4) is 0 Å².